The fraction of sp³-hybridized carbons (Fsp3) is 0.615. The molecular weight excluding hydrogens is 216 g/mol. The molecule has 17 heavy (non-hydrogen) atoms. The van der Waals surface area contributed by atoms with Crippen LogP contribution >= 0.6 is 0 Å². The van der Waals surface area contributed by atoms with Gasteiger partial charge in [0, 0.05) is 19.3 Å². The number of aryl methyl sites for hydroxylation is 1. The second-order valence-corrected chi connectivity index (χ2v) is 4.43. The lowest BCUT2D eigenvalue weighted by Crippen LogP contribution is -2.37. The van der Waals surface area contributed by atoms with Gasteiger partial charge in [0.05, 0.1) is 19.3 Å². The van der Waals surface area contributed by atoms with Crippen LogP contribution < -0.4 is 4.90 Å². The van der Waals surface area contributed by atoms with Crippen molar-refractivity contribution >= 4 is 5.82 Å². The van der Waals surface area contributed by atoms with Crippen LogP contribution in [0.5, 0.6) is 0 Å². The van der Waals surface area contributed by atoms with Crippen LogP contribution in [0.15, 0.2) is 12.3 Å². The van der Waals surface area contributed by atoms with Crippen molar-refractivity contribution in [2.24, 2.45) is 0 Å². The van der Waals surface area contributed by atoms with Gasteiger partial charge in [-0.25, -0.2) is 4.98 Å². The first-order valence-electron chi connectivity index (χ1n) is 6.19. The van der Waals surface area contributed by atoms with Crippen LogP contribution in [-0.4, -0.2) is 36.4 Å². The second-order valence-electron chi connectivity index (χ2n) is 4.43. The van der Waals surface area contributed by atoms with E-state index in [1.54, 1.807) is 6.20 Å². The minimum atomic E-state index is -0.403. The second kappa shape index (κ2) is 5.47. The van der Waals surface area contributed by atoms with E-state index in [1.807, 2.05) is 19.9 Å². The van der Waals surface area contributed by atoms with Gasteiger partial charge < -0.3 is 14.7 Å². The molecule has 1 fully saturated rings. The minimum absolute atomic E-state index is 0.403. The van der Waals surface area contributed by atoms with Crippen LogP contribution in [0.1, 0.15) is 30.6 Å². The van der Waals surface area contributed by atoms with Gasteiger partial charge in [-0.05, 0) is 30.5 Å². The molecule has 0 spiro atoms. The predicted molar refractivity (Wildman–Crippen MR) is 67.3 cm³/mol. The molecule has 0 aliphatic carbocycles. The van der Waals surface area contributed by atoms with E-state index < -0.39 is 6.10 Å². The van der Waals surface area contributed by atoms with Gasteiger partial charge in [0.15, 0.2) is 0 Å². The zero-order valence-electron chi connectivity index (χ0n) is 10.5. The highest BCUT2D eigenvalue weighted by atomic mass is 16.5. The van der Waals surface area contributed by atoms with Gasteiger partial charge in [-0.1, -0.05) is 6.92 Å². The summed E-state index contributed by atoms with van der Waals surface area (Å²) in [5.41, 5.74) is 2.03. The molecule has 0 aromatic carbocycles. The summed E-state index contributed by atoms with van der Waals surface area (Å²) in [7, 11) is 0. The van der Waals surface area contributed by atoms with Crippen molar-refractivity contribution in [2.45, 2.75) is 26.4 Å². The molecule has 1 saturated heterocycles. The number of anilines is 1. The Balaban J connectivity index is 2.18. The van der Waals surface area contributed by atoms with Crippen LogP contribution in [0, 0.1) is 6.92 Å². The summed E-state index contributed by atoms with van der Waals surface area (Å²) in [6, 6.07) is 2.03. The highest BCUT2D eigenvalue weighted by Gasteiger charge is 2.15. The number of morpholine rings is 1. The van der Waals surface area contributed by atoms with Gasteiger partial charge >= 0.3 is 0 Å². The largest absolute Gasteiger partial charge is 0.388 e. The SMILES string of the molecule is CC[C@H](O)c1cnc(N2CCOCC2)c(C)c1. The lowest BCUT2D eigenvalue weighted by Gasteiger charge is -2.29. The maximum Gasteiger partial charge on any atom is 0.131 e. The average molecular weight is 236 g/mol. The number of aromatic nitrogens is 1. The van der Waals surface area contributed by atoms with Gasteiger partial charge in [0.1, 0.15) is 5.82 Å². The fourth-order valence-corrected chi connectivity index (χ4v) is 2.11. The van der Waals surface area contributed by atoms with Crippen molar-refractivity contribution in [1.82, 2.24) is 4.98 Å². The fourth-order valence-electron chi connectivity index (χ4n) is 2.11. The van der Waals surface area contributed by atoms with Gasteiger partial charge in [-0.15, -0.1) is 0 Å². The molecule has 94 valence electrons. The lowest BCUT2D eigenvalue weighted by atomic mass is 10.1. The third-order valence-electron chi connectivity index (χ3n) is 3.15. The van der Waals surface area contributed by atoms with Gasteiger partial charge in [0.25, 0.3) is 0 Å². The first-order chi connectivity index (χ1) is 8.22. The number of aliphatic hydroxyl groups excluding tert-OH is 1. The molecule has 1 aliphatic rings. The molecule has 1 aliphatic heterocycles. The van der Waals surface area contributed by atoms with E-state index in [2.05, 4.69) is 9.88 Å². The van der Waals surface area contributed by atoms with E-state index in [9.17, 15) is 5.11 Å². The summed E-state index contributed by atoms with van der Waals surface area (Å²) in [5, 5.41) is 9.78. The molecule has 0 unspecified atom stereocenters. The monoisotopic (exact) mass is 236 g/mol. The molecule has 0 bridgehead atoms. The molecule has 1 aromatic heterocycles. The Morgan fingerprint density at radius 1 is 1.47 bits per heavy atom. The van der Waals surface area contributed by atoms with Crippen LogP contribution in [0.25, 0.3) is 0 Å². The maximum atomic E-state index is 9.78. The van der Waals surface area contributed by atoms with Crippen molar-refractivity contribution < 1.29 is 9.84 Å². The quantitative estimate of drug-likeness (QED) is 0.867. The molecule has 2 heterocycles. The van der Waals surface area contributed by atoms with Crippen LogP contribution in [0.4, 0.5) is 5.82 Å². The Morgan fingerprint density at radius 3 is 2.76 bits per heavy atom. The zero-order chi connectivity index (χ0) is 12.3. The molecule has 1 aromatic rings. The van der Waals surface area contributed by atoms with E-state index in [0.29, 0.717) is 0 Å². The van der Waals surface area contributed by atoms with Crippen LogP contribution in [0.3, 0.4) is 0 Å². The summed E-state index contributed by atoms with van der Waals surface area (Å²) in [6.07, 6.45) is 2.10. The molecule has 4 nitrogen and oxygen atoms in total. The normalized spacial score (nSPS) is 18.2. The van der Waals surface area contributed by atoms with Crippen molar-refractivity contribution in [2.75, 3.05) is 31.2 Å². The van der Waals surface area contributed by atoms with Crippen molar-refractivity contribution in [1.29, 1.82) is 0 Å². The highest BCUT2D eigenvalue weighted by molar-refractivity contribution is 5.47. The van der Waals surface area contributed by atoms with Gasteiger partial charge in [-0.2, -0.15) is 0 Å². The van der Waals surface area contributed by atoms with E-state index in [-0.39, 0.29) is 0 Å². The summed E-state index contributed by atoms with van der Waals surface area (Å²) < 4.78 is 5.33. The van der Waals surface area contributed by atoms with Gasteiger partial charge in [0.2, 0.25) is 0 Å². The Hall–Kier alpha value is -1.13. The van der Waals surface area contributed by atoms with Crippen molar-refractivity contribution in [3.8, 4) is 0 Å². The molecule has 2 rings (SSSR count). The number of hydrogen-bond donors (Lipinski definition) is 1. The Kier molecular flexibility index (Phi) is 3.97. The molecule has 0 saturated carbocycles. The summed E-state index contributed by atoms with van der Waals surface area (Å²) in [4.78, 5) is 6.72. The first kappa shape index (κ1) is 12.3. The van der Waals surface area contributed by atoms with E-state index in [1.165, 1.54) is 0 Å². The predicted octanol–water partition coefficient (Wildman–Crippen LogP) is 1.67. The molecule has 1 N–H and O–H groups in total. The molecule has 0 radical (unpaired) electrons. The summed E-state index contributed by atoms with van der Waals surface area (Å²) in [5.74, 6) is 1.01. The average Bonchev–Trinajstić information content (AvgIpc) is 2.38. The van der Waals surface area contributed by atoms with Crippen molar-refractivity contribution in [3.05, 3.63) is 23.4 Å². The Bertz CT molecular complexity index is 376. The van der Waals surface area contributed by atoms with E-state index in [0.717, 1.165) is 49.7 Å². The van der Waals surface area contributed by atoms with Gasteiger partial charge in [-0.3, -0.25) is 0 Å². The lowest BCUT2D eigenvalue weighted by molar-refractivity contribution is 0.122. The van der Waals surface area contributed by atoms with E-state index >= 15 is 0 Å². The topological polar surface area (TPSA) is 45.6 Å². The maximum absolute atomic E-state index is 9.78. The highest BCUT2D eigenvalue weighted by Crippen LogP contribution is 2.23. The minimum Gasteiger partial charge on any atom is -0.388 e. The number of nitrogens with zero attached hydrogens (tertiary/aromatic N) is 2. The summed E-state index contributed by atoms with van der Waals surface area (Å²) >= 11 is 0. The Labute approximate surface area is 102 Å². The smallest absolute Gasteiger partial charge is 0.131 e. The number of rotatable bonds is 3. The van der Waals surface area contributed by atoms with E-state index in [4.69, 9.17) is 4.74 Å². The van der Waals surface area contributed by atoms with Crippen LogP contribution in [-0.2, 0) is 4.74 Å². The van der Waals surface area contributed by atoms with Crippen LogP contribution in [0.2, 0.25) is 0 Å². The standard InChI is InChI=1S/C13H20N2O2/c1-3-12(16)11-8-10(2)13(14-9-11)15-4-6-17-7-5-15/h8-9,12,16H,3-7H2,1-2H3/t12-/m0/s1. The molecule has 0 amide bonds. The number of hydrogen-bond acceptors (Lipinski definition) is 4. The molecule has 4 heteroatoms. The van der Waals surface area contributed by atoms with Crippen molar-refractivity contribution in [3.63, 3.8) is 0 Å². The number of aliphatic hydroxyl groups is 1. The number of pyridine rings is 1. The first-order valence-corrected chi connectivity index (χ1v) is 6.19. The molecular formula is C13H20N2O2. The third-order valence-corrected chi connectivity index (χ3v) is 3.15. The number of ether oxygens (including phenoxy) is 1. The zero-order valence-corrected chi connectivity index (χ0v) is 10.5. The third kappa shape index (κ3) is 2.76. The molecule has 1 atom stereocenters. The Morgan fingerprint density at radius 2 is 2.18 bits per heavy atom. The summed E-state index contributed by atoms with van der Waals surface area (Å²) in [6.45, 7) is 7.33.